The molecule has 0 saturated heterocycles. The molecule has 0 aliphatic rings. The predicted octanol–water partition coefficient (Wildman–Crippen LogP) is 4.11. The van der Waals surface area contributed by atoms with Crippen molar-refractivity contribution in [1.29, 1.82) is 0 Å². The Morgan fingerprint density at radius 3 is 2.17 bits per heavy atom. The van der Waals surface area contributed by atoms with Gasteiger partial charge in [-0.1, -0.05) is 23.7 Å². The van der Waals surface area contributed by atoms with E-state index in [-0.39, 0.29) is 12.2 Å². The van der Waals surface area contributed by atoms with Crippen LogP contribution in [0.5, 0.6) is 28.7 Å². The second kappa shape index (κ2) is 12.3. The molecule has 0 spiro atoms. The van der Waals surface area contributed by atoms with Gasteiger partial charge >= 0.3 is 5.97 Å². The molecular formula is C25H23ClN2O7. The number of benzene rings is 3. The topological polar surface area (TPSA) is 105 Å². The molecule has 0 atom stereocenters. The number of hydrazone groups is 1. The van der Waals surface area contributed by atoms with Crippen LogP contribution < -0.4 is 29.1 Å². The number of halogens is 1. The number of amides is 1. The first-order valence-electron chi connectivity index (χ1n) is 10.3. The van der Waals surface area contributed by atoms with Gasteiger partial charge in [0.1, 0.15) is 11.5 Å². The van der Waals surface area contributed by atoms with Gasteiger partial charge in [-0.05, 0) is 54.1 Å². The van der Waals surface area contributed by atoms with Crippen LogP contribution >= 0.6 is 11.6 Å². The predicted molar refractivity (Wildman–Crippen MR) is 130 cm³/mol. The van der Waals surface area contributed by atoms with E-state index in [4.69, 9.17) is 35.3 Å². The number of esters is 1. The molecule has 0 saturated carbocycles. The summed E-state index contributed by atoms with van der Waals surface area (Å²) in [7, 11) is 4.39. The van der Waals surface area contributed by atoms with Gasteiger partial charge in [0.15, 0.2) is 18.1 Å². The Balaban J connectivity index is 1.55. The van der Waals surface area contributed by atoms with Crippen LogP contribution in [0.3, 0.4) is 0 Å². The van der Waals surface area contributed by atoms with Gasteiger partial charge in [-0.25, -0.2) is 10.2 Å². The number of hydrogen-bond acceptors (Lipinski definition) is 8. The summed E-state index contributed by atoms with van der Waals surface area (Å²) in [6.07, 6.45) is 1.44. The van der Waals surface area contributed by atoms with Crippen LogP contribution in [0.4, 0.5) is 0 Å². The maximum absolute atomic E-state index is 12.6. The molecule has 182 valence electrons. The molecule has 9 nitrogen and oxygen atoms in total. The number of ether oxygens (including phenoxy) is 5. The molecule has 10 heteroatoms. The highest BCUT2D eigenvalue weighted by Gasteiger charge is 2.18. The van der Waals surface area contributed by atoms with Crippen molar-refractivity contribution in [3.63, 3.8) is 0 Å². The molecule has 0 radical (unpaired) electrons. The van der Waals surface area contributed by atoms with Crippen molar-refractivity contribution in [3.05, 3.63) is 76.8 Å². The average molecular weight is 499 g/mol. The van der Waals surface area contributed by atoms with E-state index >= 15 is 0 Å². The molecule has 3 rings (SSSR count). The first-order valence-corrected chi connectivity index (χ1v) is 10.6. The normalized spacial score (nSPS) is 10.5. The van der Waals surface area contributed by atoms with Crippen molar-refractivity contribution >= 4 is 29.7 Å². The summed E-state index contributed by atoms with van der Waals surface area (Å²) in [5, 5.41) is 4.30. The van der Waals surface area contributed by atoms with Crippen molar-refractivity contribution in [3.8, 4) is 28.7 Å². The third-order valence-corrected chi connectivity index (χ3v) is 4.90. The van der Waals surface area contributed by atoms with Crippen LogP contribution in [0.2, 0.25) is 5.02 Å². The third kappa shape index (κ3) is 6.87. The lowest BCUT2D eigenvalue weighted by Crippen LogP contribution is -2.24. The second-order valence-electron chi connectivity index (χ2n) is 6.88. The van der Waals surface area contributed by atoms with Crippen LogP contribution in [0.25, 0.3) is 0 Å². The van der Waals surface area contributed by atoms with Crippen molar-refractivity contribution < 1.29 is 33.3 Å². The van der Waals surface area contributed by atoms with Crippen molar-refractivity contribution in [2.75, 3.05) is 27.9 Å². The summed E-state index contributed by atoms with van der Waals surface area (Å²) in [5.41, 5.74) is 3.26. The summed E-state index contributed by atoms with van der Waals surface area (Å²) in [6, 6.07) is 16.4. The maximum Gasteiger partial charge on any atom is 0.343 e. The largest absolute Gasteiger partial charge is 0.493 e. The lowest BCUT2D eigenvalue weighted by molar-refractivity contribution is -0.123. The Kier molecular flexibility index (Phi) is 8.91. The Labute approximate surface area is 207 Å². The molecule has 1 N–H and O–H groups in total. The fourth-order valence-corrected chi connectivity index (χ4v) is 3.09. The fourth-order valence-electron chi connectivity index (χ4n) is 2.90. The monoisotopic (exact) mass is 498 g/mol. The van der Waals surface area contributed by atoms with Crippen LogP contribution in [0.15, 0.2) is 65.8 Å². The summed E-state index contributed by atoms with van der Waals surface area (Å²) in [5.74, 6) is 0.726. The maximum atomic E-state index is 12.6. The molecule has 0 fully saturated rings. The molecule has 0 aliphatic heterocycles. The van der Waals surface area contributed by atoms with Gasteiger partial charge in [-0.3, -0.25) is 4.79 Å². The van der Waals surface area contributed by atoms with Crippen molar-refractivity contribution in [2.24, 2.45) is 5.10 Å². The quantitative estimate of drug-likeness (QED) is 0.194. The Hall–Kier alpha value is -4.24. The number of para-hydroxylation sites is 1. The van der Waals surface area contributed by atoms with Crippen LogP contribution in [0.1, 0.15) is 15.9 Å². The smallest absolute Gasteiger partial charge is 0.343 e. The summed E-state index contributed by atoms with van der Waals surface area (Å²) in [4.78, 5) is 24.5. The molecule has 0 aliphatic carbocycles. The highest BCUT2D eigenvalue weighted by Crippen LogP contribution is 2.38. The Bertz CT molecular complexity index is 1190. The Morgan fingerprint density at radius 1 is 0.914 bits per heavy atom. The minimum absolute atomic E-state index is 0.229. The molecular weight excluding hydrogens is 476 g/mol. The van der Waals surface area contributed by atoms with Crippen LogP contribution in [-0.4, -0.2) is 46.0 Å². The van der Waals surface area contributed by atoms with Gasteiger partial charge in [0.05, 0.1) is 38.1 Å². The van der Waals surface area contributed by atoms with E-state index in [2.05, 4.69) is 10.5 Å². The zero-order valence-electron chi connectivity index (χ0n) is 19.2. The minimum Gasteiger partial charge on any atom is -0.493 e. The van der Waals surface area contributed by atoms with E-state index < -0.39 is 11.9 Å². The number of hydrogen-bond donors (Lipinski definition) is 1. The molecule has 0 aromatic heterocycles. The van der Waals surface area contributed by atoms with E-state index in [1.54, 1.807) is 48.5 Å². The van der Waals surface area contributed by atoms with E-state index in [0.29, 0.717) is 39.3 Å². The summed E-state index contributed by atoms with van der Waals surface area (Å²) in [6.45, 7) is -0.239. The zero-order chi connectivity index (χ0) is 25.2. The number of methoxy groups -OCH3 is 3. The number of nitrogens with zero attached hydrogens (tertiary/aromatic N) is 1. The Morgan fingerprint density at radius 2 is 1.57 bits per heavy atom. The SMILES string of the molecule is COc1cc(C(=O)Oc2ccc(/C=N/NC(=O)COc3ccccc3Cl)cc2)cc(OC)c1OC. The van der Waals surface area contributed by atoms with E-state index in [1.165, 1.54) is 39.7 Å². The lowest BCUT2D eigenvalue weighted by atomic mass is 10.2. The standard InChI is InChI=1S/C25H23ClN2O7/c1-31-21-12-17(13-22(32-2)24(21)33-3)25(30)35-18-10-8-16(9-11-18)14-27-28-23(29)15-34-20-7-5-4-6-19(20)26/h4-14H,15H2,1-3H3,(H,28,29)/b27-14+. The number of carbonyl (C=O) groups is 2. The van der Waals surface area contributed by atoms with Crippen LogP contribution in [0, 0.1) is 0 Å². The third-order valence-electron chi connectivity index (χ3n) is 4.59. The van der Waals surface area contributed by atoms with Crippen LogP contribution in [-0.2, 0) is 4.79 Å². The fraction of sp³-hybridized carbons (Fsp3) is 0.160. The van der Waals surface area contributed by atoms with E-state index in [0.717, 1.165) is 0 Å². The lowest BCUT2D eigenvalue weighted by Gasteiger charge is -2.13. The first kappa shape index (κ1) is 25.4. The van der Waals surface area contributed by atoms with Gasteiger partial charge in [0.25, 0.3) is 5.91 Å². The highest BCUT2D eigenvalue weighted by molar-refractivity contribution is 6.32. The second-order valence-corrected chi connectivity index (χ2v) is 7.29. The van der Waals surface area contributed by atoms with Crippen molar-refractivity contribution in [1.82, 2.24) is 5.43 Å². The van der Waals surface area contributed by atoms with Gasteiger partial charge in [-0.2, -0.15) is 5.10 Å². The number of nitrogens with one attached hydrogen (secondary N) is 1. The minimum atomic E-state index is -0.601. The van der Waals surface area contributed by atoms with E-state index in [9.17, 15) is 9.59 Å². The molecule has 0 heterocycles. The summed E-state index contributed by atoms with van der Waals surface area (Å²) < 4.78 is 26.5. The molecule has 3 aromatic rings. The van der Waals surface area contributed by atoms with E-state index in [1.807, 2.05) is 0 Å². The molecule has 1 amide bonds. The van der Waals surface area contributed by atoms with Gasteiger partial charge in [0.2, 0.25) is 5.75 Å². The average Bonchev–Trinajstić information content (AvgIpc) is 2.88. The molecule has 35 heavy (non-hydrogen) atoms. The highest BCUT2D eigenvalue weighted by atomic mass is 35.5. The van der Waals surface area contributed by atoms with Gasteiger partial charge < -0.3 is 23.7 Å². The van der Waals surface area contributed by atoms with Crippen molar-refractivity contribution in [2.45, 2.75) is 0 Å². The molecule has 0 bridgehead atoms. The number of rotatable bonds is 10. The first-order chi connectivity index (χ1) is 16.9. The molecule has 0 unspecified atom stereocenters. The zero-order valence-corrected chi connectivity index (χ0v) is 20.0. The van der Waals surface area contributed by atoms with Gasteiger partial charge in [-0.15, -0.1) is 0 Å². The van der Waals surface area contributed by atoms with Gasteiger partial charge in [0, 0.05) is 0 Å². The molecule has 3 aromatic carbocycles. The number of carbonyl (C=O) groups excluding carboxylic acids is 2. The summed E-state index contributed by atoms with van der Waals surface area (Å²) >= 11 is 5.98.